The number of ether oxygens (including phenoxy) is 1. The first-order valence-corrected chi connectivity index (χ1v) is 10.7. The van der Waals surface area contributed by atoms with Crippen molar-refractivity contribution in [1.82, 2.24) is 10.2 Å². The van der Waals surface area contributed by atoms with Crippen LogP contribution in [0.5, 0.6) is 5.75 Å². The maximum Gasteiger partial charge on any atom is 0.252 e. The Morgan fingerprint density at radius 3 is 2.59 bits per heavy atom. The van der Waals surface area contributed by atoms with Gasteiger partial charge < -0.3 is 15.0 Å². The Morgan fingerprint density at radius 2 is 1.90 bits per heavy atom. The predicted octanol–water partition coefficient (Wildman–Crippen LogP) is 3.33. The number of benzene rings is 2. The molecule has 154 valence electrons. The lowest BCUT2D eigenvalue weighted by Crippen LogP contribution is -2.53. The summed E-state index contributed by atoms with van der Waals surface area (Å²) in [6.07, 6.45) is 1.14. The molecule has 1 heterocycles. The van der Waals surface area contributed by atoms with Gasteiger partial charge in [-0.15, -0.1) is 11.8 Å². The molecule has 1 aliphatic rings. The molecule has 2 atom stereocenters. The third kappa shape index (κ3) is 5.50. The van der Waals surface area contributed by atoms with Crippen molar-refractivity contribution in [3.8, 4) is 5.75 Å². The van der Waals surface area contributed by atoms with Crippen LogP contribution in [0.25, 0.3) is 0 Å². The standard InChI is InChI=1S/C22H25FN2O3S/c1-28-18-9-7-15(8-10-18)11-21(26)25-13-16(23)12-17(14-25)24-22(27)19-5-3-4-6-20(19)29-2/h3-10,16-17H,11-14H2,1-2H3,(H,24,27)/t16-,17+/m1/s1. The van der Waals surface area contributed by atoms with Crippen LogP contribution in [0, 0.1) is 0 Å². The summed E-state index contributed by atoms with van der Waals surface area (Å²) in [4.78, 5) is 27.7. The zero-order valence-corrected chi connectivity index (χ0v) is 17.4. The average Bonchev–Trinajstić information content (AvgIpc) is 2.73. The molecular weight excluding hydrogens is 391 g/mol. The monoisotopic (exact) mass is 416 g/mol. The Hall–Kier alpha value is -2.54. The lowest BCUT2D eigenvalue weighted by Gasteiger charge is -2.35. The fraction of sp³-hybridized carbons (Fsp3) is 0.364. The maximum atomic E-state index is 14.3. The number of hydrogen-bond acceptors (Lipinski definition) is 4. The highest BCUT2D eigenvalue weighted by Crippen LogP contribution is 2.21. The quantitative estimate of drug-likeness (QED) is 0.734. The summed E-state index contributed by atoms with van der Waals surface area (Å²) in [5.74, 6) is 0.328. The lowest BCUT2D eigenvalue weighted by molar-refractivity contribution is -0.133. The second kappa shape index (κ2) is 9.78. The zero-order chi connectivity index (χ0) is 20.8. The Bertz CT molecular complexity index is 859. The van der Waals surface area contributed by atoms with E-state index in [1.807, 2.05) is 30.5 Å². The molecule has 0 unspecified atom stereocenters. The summed E-state index contributed by atoms with van der Waals surface area (Å²) in [6, 6.07) is 14.1. The van der Waals surface area contributed by atoms with Crippen LogP contribution in [0.3, 0.4) is 0 Å². The highest BCUT2D eigenvalue weighted by atomic mass is 32.2. The molecule has 0 saturated carbocycles. The van der Waals surface area contributed by atoms with E-state index in [-0.39, 0.29) is 31.2 Å². The normalized spacial score (nSPS) is 18.9. The van der Waals surface area contributed by atoms with Gasteiger partial charge in [0.1, 0.15) is 11.9 Å². The molecule has 1 N–H and O–H groups in total. The minimum absolute atomic E-state index is 0.0583. The first-order chi connectivity index (χ1) is 14.0. The van der Waals surface area contributed by atoms with Gasteiger partial charge in [0, 0.05) is 23.9 Å². The van der Waals surface area contributed by atoms with Gasteiger partial charge in [-0.3, -0.25) is 9.59 Å². The number of hydrogen-bond donors (Lipinski definition) is 1. The molecule has 2 aromatic rings. The third-order valence-corrected chi connectivity index (χ3v) is 5.75. The molecule has 1 saturated heterocycles. The number of thioether (sulfide) groups is 1. The summed E-state index contributed by atoms with van der Waals surface area (Å²) >= 11 is 1.49. The van der Waals surface area contributed by atoms with Crippen LogP contribution in [-0.2, 0) is 11.2 Å². The van der Waals surface area contributed by atoms with Crippen LogP contribution in [0.4, 0.5) is 4.39 Å². The molecule has 1 aliphatic heterocycles. The van der Waals surface area contributed by atoms with Gasteiger partial charge in [-0.25, -0.2) is 4.39 Å². The summed E-state index contributed by atoms with van der Waals surface area (Å²) in [5, 5.41) is 2.90. The van der Waals surface area contributed by atoms with Crippen molar-refractivity contribution >= 4 is 23.6 Å². The van der Waals surface area contributed by atoms with Gasteiger partial charge in [0.25, 0.3) is 5.91 Å². The molecule has 5 nitrogen and oxygen atoms in total. The number of methoxy groups -OCH3 is 1. The van der Waals surface area contributed by atoms with Gasteiger partial charge in [-0.05, 0) is 36.1 Å². The van der Waals surface area contributed by atoms with Gasteiger partial charge in [-0.2, -0.15) is 0 Å². The second-order valence-corrected chi connectivity index (χ2v) is 7.88. The fourth-order valence-electron chi connectivity index (χ4n) is 3.47. The molecule has 3 rings (SSSR count). The average molecular weight is 417 g/mol. The van der Waals surface area contributed by atoms with E-state index in [9.17, 15) is 14.0 Å². The van der Waals surface area contributed by atoms with E-state index >= 15 is 0 Å². The molecule has 2 amide bonds. The molecule has 29 heavy (non-hydrogen) atoms. The van der Waals surface area contributed by atoms with E-state index in [0.717, 1.165) is 16.2 Å². The number of carbonyl (C=O) groups is 2. The van der Waals surface area contributed by atoms with E-state index in [2.05, 4.69) is 5.32 Å². The molecule has 0 aliphatic carbocycles. The van der Waals surface area contributed by atoms with Crippen molar-refractivity contribution in [3.63, 3.8) is 0 Å². The number of likely N-dealkylation sites (tertiary alicyclic amines) is 1. The zero-order valence-electron chi connectivity index (χ0n) is 16.6. The van der Waals surface area contributed by atoms with Crippen LogP contribution in [-0.4, -0.2) is 55.4 Å². The highest BCUT2D eigenvalue weighted by molar-refractivity contribution is 7.98. The van der Waals surface area contributed by atoms with E-state index < -0.39 is 12.2 Å². The summed E-state index contributed by atoms with van der Waals surface area (Å²) in [5.41, 5.74) is 1.41. The predicted molar refractivity (Wildman–Crippen MR) is 112 cm³/mol. The molecule has 0 bridgehead atoms. The van der Waals surface area contributed by atoms with Crippen molar-refractivity contribution in [2.24, 2.45) is 0 Å². The number of piperidine rings is 1. The van der Waals surface area contributed by atoms with Crippen LogP contribution < -0.4 is 10.1 Å². The Kier molecular flexibility index (Phi) is 7.14. The number of rotatable bonds is 6. The van der Waals surface area contributed by atoms with Gasteiger partial charge in [0.2, 0.25) is 5.91 Å². The van der Waals surface area contributed by atoms with E-state index in [0.29, 0.717) is 12.1 Å². The second-order valence-electron chi connectivity index (χ2n) is 7.03. The van der Waals surface area contributed by atoms with Crippen molar-refractivity contribution in [3.05, 3.63) is 59.7 Å². The third-order valence-electron chi connectivity index (χ3n) is 4.95. The van der Waals surface area contributed by atoms with Crippen molar-refractivity contribution in [1.29, 1.82) is 0 Å². The smallest absolute Gasteiger partial charge is 0.252 e. The van der Waals surface area contributed by atoms with Gasteiger partial charge >= 0.3 is 0 Å². The van der Waals surface area contributed by atoms with Crippen molar-refractivity contribution in [2.75, 3.05) is 26.5 Å². The van der Waals surface area contributed by atoms with E-state index in [1.165, 1.54) is 16.7 Å². The van der Waals surface area contributed by atoms with Crippen molar-refractivity contribution in [2.45, 2.75) is 30.0 Å². The minimum atomic E-state index is -1.16. The molecule has 7 heteroatoms. The largest absolute Gasteiger partial charge is 0.497 e. The number of nitrogens with one attached hydrogen (secondary N) is 1. The highest BCUT2D eigenvalue weighted by Gasteiger charge is 2.31. The first-order valence-electron chi connectivity index (χ1n) is 9.48. The molecule has 1 fully saturated rings. The molecule has 2 aromatic carbocycles. The SMILES string of the molecule is COc1ccc(CC(=O)N2C[C@H](F)C[C@H](NC(=O)c3ccccc3SC)C2)cc1. The summed E-state index contributed by atoms with van der Waals surface area (Å²) < 4.78 is 19.4. The number of carbonyl (C=O) groups excluding carboxylic acids is 2. The lowest BCUT2D eigenvalue weighted by atomic mass is 10.0. The number of amides is 2. The van der Waals surface area contributed by atoms with E-state index in [1.54, 1.807) is 31.4 Å². The molecule has 0 spiro atoms. The first kappa shape index (κ1) is 21.2. The Labute approximate surface area is 174 Å². The Morgan fingerprint density at radius 1 is 1.17 bits per heavy atom. The van der Waals surface area contributed by atoms with Crippen LogP contribution in [0.1, 0.15) is 22.3 Å². The number of halogens is 1. The maximum absolute atomic E-state index is 14.3. The molecule has 0 aromatic heterocycles. The van der Waals surface area contributed by atoms with Crippen LogP contribution in [0.15, 0.2) is 53.4 Å². The van der Waals surface area contributed by atoms with Gasteiger partial charge in [0.15, 0.2) is 0 Å². The van der Waals surface area contributed by atoms with Crippen LogP contribution in [0.2, 0.25) is 0 Å². The van der Waals surface area contributed by atoms with Gasteiger partial charge in [-0.1, -0.05) is 24.3 Å². The minimum Gasteiger partial charge on any atom is -0.497 e. The molecular formula is C22H25FN2O3S. The number of nitrogens with zero attached hydrogens (tertiary/aromatic N) is 1. The summed E-state index contributed by atoms with van der Waals surface area (Å²) in [6.45, 7) is 0.366. The Balaban J connectivity index is 1.63. The number of alkyl halides is 1. The topological polar surface area (TPSA) is 58.6 Å². The van der Waals surface area contributed by atoms with Crippen molar-refractivity contribution < 1.29 is 18.7 Å². The van der Waals surface area contributed by atoms with Crippen LogP contribution >= 0.6 is 11.8 Å². The van der Waals surface area contributed by atoms with Gasteiger partial charge in [0.05, 0.1) is 25.6 Å². The molecule has 0 radical (unpaired) electrons. The van der Waals surface area contributed by atoms with E-state index in [4.69, 9.17) is 4.74 Å². The fourth-order valence-corrected chi connectivity index (χ4v) is 4.07. The summed E-state index contributed by atoms with van der Waals surface area (Å²) in [7, 11) is 1.58.